The Hall–Kier alpha value is -1.40. The van der Waals surface area contributed by atoms with Crippen molar-refractivity contribution >= 4 is 11.9 Å². The predicted molar refractivity (Wildman–Crippen MR) is 357 cm³/mol. The fourth-order valence-electron chi connectivity index (χ4n) is 12.1. The number of esters is 1. The molecular weight excluding hydrogens is 995 g/mol. The SMILES string of the molecule is CCCCCCCCCCCCCCCCCCC/C=C/C(O)C(CO)NC(=O)CCCCCCCCCCCCCCCCCCCCCCCCCCCCCCCCCOC(=O)CCCCCCCCCCCCCCCC. The number of rotatable bonds is 71. The molecule has 0 aromatic rings. The number of hydrogen-bond donors (Lipinski definition) is 3. The van der Waals surface area contributed by atoms with Crippen LogP contribution in [0.3, 0.4) is 0 Å². The average Bonchev–Trinajstić information content (AvgIpc) is 3.47. The third-order valence-electron chi connectivity index (χ3n) is 17.8. The Labute approximate surface area is 508 Å². The maximum Gasteiger partial charge on any atom is 0.305 e. The molecule has 2 unspecified atom stereocenters. The maximum absolute atomic E-state index is 12.5. The molecular formula is C75H147NO5. The van der Waals surface area contributed by atoms with Gasteiger partial charge in [-0.2, -0.15) is 0 Å². The van der Waals surface area contributed by atoms with Gasteiger partial charge in [-0.05, 0) is 32.1 Å². The second-order valence-electron chi connectivity index (χ2n) is 26.0. The summed E-state index contributed by atoms with van der Waals surface area (Å²) in [5, 5.41) is 23.2. The Morgan fingerprint density at radius 2 is 0.568 bits per heavy atom. The van der Waals surface area contributed by atoms with Crippen LogP contribution in [-0.4, -0.2) is 47.4 Å². The molecule has 2 atom stereocenters. The van der Waals surface area contributed by atoms with E-state index < -0.39 is 12.1 Å². The summed E-state index contributed by atoms with van der Waals surface area (Å²) in [6, 6.07) is -0.624. The molecule has 0 aliphatic heterocycles. The van der Waals surface area contributed by atoms with Gasteiger partial charge in [0.25, 0.3) is 0 Å². The van der Waals surface area contributed by atoms with E-state index >= 15 is 0 Å². The van der Waals surface area contributed by atoms with Gasteiger partial charge in [0, 0.05) is 12.8 Å². The van der Waals surface area contributed by atoms with Crippen molar-refractivity contribution in [2.24, 2.45) is 0 Å². The second-order valence-corrected chi connectivity index (χ2v) is 26.0. The van der Waals surface area contributed by atoms with E-state index in [1.54, 1.807) is 6.08 Å². The van der Waals surface area contributed by atoms with E-state index in [0.717, 1.165) is 38.5 Å². The van der Waals surface area contributed by atoms with Crippen LogP contribution in [0, 0.1) is 0 Å². The van der Waals surface area contributed by atoms with E-state index in [0.29, 0.717) is 19.4 Å². The summed E-state index contributed by atoms with van der Waals surface area (Å²) in [5.74, 6) is -0.0355. The van der Waals surface area contributed by atoms with Crippen molar-refractivity contribution in [1.29, 1.82) is 0 Å². The molecule has 1 amide bonds. The molecule has 6 nitrogen and oxygen atoms in total. The molecule has 81 heavy (non-hydrogen) atoms. The van der Waals surface area contributed by atoms with Crippen molar-refractivity contribution in [3.8, 4) is 0 Å². The number of amides is 1. The van der Waals surface area contributed by atoms with Gasteiger partial charge in [-0.1, -0.05) is 398 Å². The van der Waals surface area contributed by atoms with E-state index in [1.165, 1.54) is 366 Å². The van der Waals surface area contributed by atoms with Crippen LogP contribution >= 0.6 is 0 Å². The Morgan fingerprint density at radius 1 is 0.333 bits per heavy atom. The van der Waals surface area contributed by atoms with Gasteiger partial charge < -0.3 is 20.3 Å². The highest BCUT2D eigenvalue weighted by Crippen LogP contribution is 2.20. The number of hydrogen-bond acceptors (Lipinski definition) is 5. The maximum atomic E-state index is 12.5. The lowest BCUT2D eigenvalue weighted by molar-refractivity contribution is -0.143. The smallest absolute Gasteiger partial charge is 0.305 e. The molecule has 482 valence electrons. The quantitative estimate of drug-likeness (QED) is 0.0320. The molecule has 0 aliphatic carbocycles. The molecule has 0 spiro atoms. The molecule has 3 N–H and O–H groups in total. The van der Waals surface area contributed by atoms with Crippen LogP contribution < -0.4 is 5.32 Å². The topological polar surface area (TPSA) is 95.9 Å². The number of aliphatic hydroxyl groups is 2. The van der Waals surface area contributed by atoms with Crippen LogP contribution in [0.1, 0.15) is 431 Å². The first kappa shape index (κ1) is 79.6. The minimum absolute atomic E-state index is 0.0237. The van der Waals surface area contributed by atoms with Crippen LogP contribution in [0.2, 0.25) is 0 Å². The van der Waals surface area contributed by atoms with Gasteiger partial charge >= 0.3 is 5.97 Å². The molecule has 6 heteroatoms. The molecule has 0 bridgehead atoms. The third-order valence-corrected chi connectivity index (χ3v) is 17.8. The number of carbonyl (C=O) groups excluding carboxylic acids is 2. The van der Waals surface area contributed by atoms with Crippen LogP contribution in [0.4, 0.5) is 0 Å². The van der Waals surface area contributed by atoms with Crippen LogP contribution in [0.25, 0.3) is 0 Å². The standard InChI is InChI=1S/C75H147NO5/c1-3-5-7-9-11-13-15-17-19-20-34-37-40-43-47-51-55-59-63-67-73(78)72(71-77)76-74(79)68-64-60-56-52-48-44-41-38-35-32-30-28-26-24-22-21-23-25-27-29-31-33-36-39-42-46-50-54-58-62-66-70-81-75(80)69-65-61-57-53-49-45-18-16-14-12-10-8-6-4-2/h63,67,72-73,77-78H,3-62,64-66,68-71H2,1-2H3,(H,76,79)/b67-63+. The number of carbonyl (C=O) groups is 2. The Balaban J connectivity index is 3.34. The number of ether oxygens (including phenoxy) is 1. The second kappa shape index (κ2) is 71.1. The summed E-state index contributed by atoms with van der Waals surface area (Å²) in [6.07, 6.45) is 88.9. The number of nitrogens with one attached hydrogen (secondary N) is 1. The van der Waals surface area contributed by atoms with Gasteiger partial charge in [0.2, 0.25) is 5.91 Å². The molecule has 0 saturated heterocycles. The lowest BCUT2D eigenvalue weighted by atomic mass is 10.0. The molecule has 0 rings (SSSR count). The summed E-state index contributed by atoms with van der Waals surface area (Å²) in [4.78, 5) is 24.6. The van der Waals surface area contributed by atoms with E-state index in [2.05, 4.69) is 19.2 Å². The Bertz CT molecular complexity index is 1220. The first-order valence-electron chi connectivity index (χ1n) is 37.5. The first-order chi connectivity index (χ1) is 40.0. The third kappa shape index (κ3) is 67.6. The zero-order valence-electron chi connectivity index (χ0n) is 55.3. The highest BCUT2D eigenvalue weighted by molar-refractivity contribution is 5.76. The molecule has 0 saturated carbocycles. The van der Waals surface area contributed by atoms with Crippen molar-refractivity contribution in [3.63, 3.8) is 0 Å². The molecule has 0 radical (unpaired) electrons. The Kier molecular flexibility index (Phi) is 69.9. The zero-order chi connectivity index (χ0) is 58.5. The van der Waals surface area contributed by atoms with E-state index in [4.69, 9.17) is 4.74 Å². The number of allylic oxidation sites excluding steroid dienone is 1. The minimum Gasteiger partial charge on any atom is -0.466 e. The highest BCUT2D eigenvalue weighted by atomic mass is 16.5. The molecule has 0 aliphatic rings. The van der Waals surface area contributed by atoms with E-state index in [-0.39, 0.29) is 18.5 Å². The predicted octanol–water partition coefficient (Wildman–Crippen LogP) is 24.3. The summed E-state index contributed by atoms with van der Waals surface area (Å²) in [5.41, 5.74) is 0. The normalized spacial score (nSPS) is 12.5. The van der Waals surface area contributed by atoms with Crippen LogP contribution in [0.15, 0.2) is 12.2 Å². The van der Waals surface area contributed by atoms with Gasteiger partial charge in [0.15, 0.2) is 0 Å². The van der Waals surface area contributed by atoms with E-state index in [1.807, 2.05) is 6.08 Å². The summed E-state index contributed by atoms with van der Waals surface area (Å²) in [7, 11) is 0. The number of aliphatic hydroxyl groups excluding tert-OH is 2. The van der Waals surface area contributed by atoms with Gasteiger partial charge in [0.05, 0.1) is 25.4 Å². The van der Waals surface area contributed by atoms with Crippen molar-refractivity contribution in [2.75, 3.05) is 13.2 Å². The van der Waals surface area contributed by atoms with Crippen molar-refractivity contribution in [1.82, 2.24) is 5.32 Å². The zero-order valence-corrected chi connectivity index (χ0v) is 55.3. The largest absolute Gasteiger partial charge is 0.466 e. The van der Waals surface area contributed by atoms with Crippen molar-refractivity contribution < 1.29 is 24.5 Å². The summed E-state index contributed by atoms with van der Waals surface area (Å²) in [6.45, 7) is 4.96. The molecule has 0 fully saturated rings. The summed E-state index contributed by atoms with van der Waals surface area (Å²) >= 11 is 0. The fraction of sp³-hybridized carbons (Fsp3) is 0.947. The van der Waals surface area contributed by atoms with Crippen molar-refractivity contribution in [3.05, 3.63) is 12.2 Å². The Morgan fingerprint density at radius 3 is 0.840 bits per heavy atom. The molecule has 0 aromatic carbocycles. The summed E-state index contributed by atoms with van der Waals surface area (Å²) < 4.78 is 5.50. The molecule has 0 heterocycles. The van der Waals surface area contributed by atoms with Gasteiger partial charge in [0.1, 0.15) is 0 Å². The lowest BCUT2D eigenvalue weighted by Crippen LogP contribution is -2.45. The van der Waals surface area contributed by atoms with E-state index in [9.17, 15) is 19.8 Å². The fourth-order valence-corrected chi connectivity index (χ4v) is 12.1. The average molecular weight is 1140 g/mol. The minimum atomic E-state index is -0.841. The van der Waals surface area contributed by atoms with Gasteiger partial charge in [-0.15, -0.1) is 0 Å². The van der Waals surface area contributed by atoms with Gasteiger partial charge in [-0.25, -0.2) is 0 Å². The van der Waals surface area contributed by atoms with Crippen molar-refractivity contribution in [2.45, 2.75) is 443 Å². The van der Waals surface area contributed by atoms with Crippen LogP contribution in [-0.2, 0) is 14.3 Å². The molecule has 0 aromatic heterocycles. The number of unbranched alkanes of at least 4 members (excludes halogenated alkanes) is 60. The highest BCUT2D eigenvalue weighted by Gasteiger charge is 2.18. The first-order valence-corrected chi connectivity index (χ1v) is 37.5. The monoisotopic (exact) mass is 1140 g/mol. The lowest BCUT2D eigenvalue weighted by Gasteiger charge is -2.20. The van der Waals surface area contributed by atoms with Gasteiger partial charge in [-0.3, -0.25) is 9.59 Å². The van der Waals surface area contributed by atoms with Crippen LogP contribution in [0.5, 0.6) is 0 Å².